The first-order chi connectivity index (χ1) is 16.7. The van der Waals surface area contributed by atoms with Gasteiger partial charge in [0.2, 0.25) is 0 Å². The molecule has 0 spiro atoms. The van der Waals surface area contributed by atoms with E-state index < -0.39 is 0 Å². The zero-order valence-corrected chi connectivity index (χ0v) is 20.2. The maximum Gasteiger partial charge on any atom is 0.387 e. The number of amides is 2. The molecule has 1 saturated heterocycles. The van der Waals surface area contributed by atoms with Gasteiger partial charge in [0.05, 0.1) is 16.5 Å². The molecule has 1 aliphatic heterocycles. The maximum atomic E-state index is 12.9. The van der Waals surface area contributed by atoms with Crippen LogP contribution in [0.2, 0.25) is 0 Å². The Labute approximate surface area is 204 Å². The van der Waals surface area contributed by atoms with Crippen LogP contribution in [0, 0.1) is 35.8 Å². The van der Waals surface area contributed by atoms with Gasteiger partial charge in [-0.1, -0.05) is 23.5 Å². The molecule has 34 heavy (non-hydrogen) atoms. The summed E-state index contributed by atoms with van der Waals surface area (Å²) in [5.41, 5.74) is 0. The van der Waals surface area contributed by atoms with Gasteiger partial charge in [-0.05, 0) is 67.6 Å². The van der Waals surface area contributed by atoms with E-state index in [4.69, 9.17) is 0 Å². The molecule has 2 aromatic rings. The van der Waals surface area contributed by atoms with Crippen LogP contribution in [-0.2, 0) is 9.59 Å². The van der Waals surface area contributed by atoms with E-state index in [9.17, 15) is 9.59 Å². The number of nitrogens with zero attached hydrogens (tertiary/aromatic N) is 3. The van der Waals surface area contributed by atoms with E-state index in [1.165, 1.54) is 32.9 Å². The summed E-state index contributed by atoms with van der Waals surface area (Å²) >= 11 is 1.52. The quantitative estimate of drug-likeness (QED) is 0.370. The molecule has 3 aliphatic carbocycles. The standard InChI is InChI=1S/C26H32N5O2S/c32-25-22-16-9-10-17(13-16)23(22)26(33)31(25)15-29-20-7-3-1-5-18(20)14-27-11-12-28-24-19-6-2-4-8-21(19)34-30-24/h2,4,6,8,16-18,20,22-23,27H,1,3,5,7,9-14H2,(H,28,30)/q+1/t16-,17+,18-,20-,22+,23-/m0/s1. The highest BCUT2D eigenvalue weighted by Gasteiger charge is 2.65. The Balaban J connectivity index is 1.02. The molecule has 1 aromatic carbocycles. The fourth-order valence-electron chi connectivity index (χ4n) is 6.81. The van der Waals surface area contributed by atoms with Crippen molar-refractivity contribution in [3.8, 4) is 6.19 Å². The number of benzene rings is 1. The van der Waals surface area contributed by atoms with E-state index in [0.717, 1.165) is 64.0 Å². The van der Waals surface area contributed by atoms with Crippen molar-refractivity contribution < 1.29 is 9.59 Å². The number of hydrogen-bond acceptors (Lipinski definition) is 6. The summed E-state index contributed by atoms with van der Waals surface area (Å²) in [7, 11) is 0. The van der Waals surface area contributed by atoms with E-state index in [1.807, 2.05) is 12.1 Å². The Morgan fingerprint density at radius 1 is 1.03 bits per heavy atom. The van der Waals surface area contributed by atoms with Crippen LogP contribution in [0.4, 0.5) is 5.82 Å². The van der Waals surface area contributed by atoms with E-state index in [2.05, 4.69) is 38.2 Å². The lowest BCUT2D eigenvalue weighted by Gasteiger charge is -2.24. The summed E-state index contributed by atoms with van der Waals surface area (Å²) in [6, 6.07) is 8.40. The number of likely N-dealkylation sites (tertiary alicyclic amines) is 1. The topological polar surface area (TPSA) is 78.7 Å². The molecule has 1 aromatic heterocycles. The van der Waals surface area contributed by atoms with Crippen molar-refractivity contribution in [2.45, 2.75) is 51.0 Å². The molecule has 2 heterocycles. The van der Waals surface area contributed by atoms with Gasteiger partial charge in [-0.25, -0.2) is 9.59 Å². The summed E-state index contributed by atoms with van der Waals surface area (Å²) < 4.78 is 5.72. The molecular weight excluding hydrogens is 446 g/mol. The number of rotatable bonds is 6. The van der Waals surface area contributed by atoms with Crippen LogP contribution in [0.5, 0.6) is 0 Å². The number of carbonyl (C=O) groups excluding carboxylic acids is 2. The highest BCUT2D eigenvalue weighted by Crippen LogP contribution is 2.56. The van der Waals surface area contributed by atoms with Crippen LogP contribution in [0.15, 0.2) is 24.3 Å². The van der Waals surface area contributed by atoms with Crippen molar-refractivity contribution in [1.29, 1.82) is 0 Å². The first-order valence-electron chi connectivity index (χ1n) is 12.8. The first-order valence-corrected chi connectivity index (χ1v) is 13.6. The summed E-state index contributed by atoms with van der Waals surface area (Å²) in [6.45, 7) is 2.53. The van der Waals surface area contributed by atoms with Gasteiger partial charge >= 0.3 is 18.0 Å². The van der Waals surface area contributed by atoms with Crippen LogP contribution in [-0.4, -0.2) is 46.8 Å². The molecular formula is C26H32N5O2S+. The van der Waals surface area contributed by atoms with Crippen molar-refractivity contribution in [3.63, 3.8) is 0 Å². The van der Waals surface area contributed by atoms with E-state index in [-0.39, 0.29) is 29.7 Å². The van der Waals surface area contributed by atoms with E-state index in [0.29, 0.717) is 17.8 Å². The average Bonchev–Trinajstić information content (AvgIpc) is 3.63. The molecule has 6 atom stereocenters. The Hall–Kier alpha value is -2.50. The van der Waals surface area contributed by atoms with Gasteiger partial charge in [0.1, 0.15) is 5.82 Å². The lowest BCUT2D eigenvalue weighted by molar-refractivity contribution is -0.136. The average molecular weight is 479 g/mol. The molecule has 178 valence electrons. The Morgan fingerprint density at radius 3 is 2.62 bits per heavy atom. The van der Waals surface area contributed by atoms with Gasteiger partial charge in [0.15, 0.2) is 6.04 Å². The van der Waals surface area contributed by atoms with Crippen molar-refractivity contribution in [1.82, 2.24) is 14.6 Å². The van der Waals surface area contributed by atoms with Gasteiger partial charge in [0, 0.05) is 37.4 Å². The molecule has 7 nitrogen and oxygen atoms in total. The fourth-order valence-corrected chi connectivity index (χ4v) is 7.56. The molecule has 6 rings (SSSR count). The lowest BCUT2D eigenvalue weighted by Crippen LogP contribution is -2.35. The summed E-state index contributed by atoms with van der Waals surface area (Å²) in [6.07, 6.45) is 10.6. The predicted molar refractivity (Wildman–Crippen MR) is 134 cm³/mol. The molecule has 4 aliphatic rings. The maximum absolute atomic E-state index is 12.9. The molecule has 3 saturated carbocycles. The molecule has 0 unspecified atom stereocenters. The number of fused-ring (bicyclic) bond motifs is 6. The van der Waals surface area contributed by atoms with Crippen molar-refractivity contribution >= 4 is 39.3 Å². The predicted octanol–water partition coefficient (Wildman–Crippen LogP) is 4.18. The summed E-state index contributed by atoms with van der Waals surface area (Å²) in [4.78, 5) is 31.8. The second kappa shape index (κ2) is 9.27. The number of hydrogen-bond donors (Lipinski definition) is 2. The largest absolute Gasteiger partial charge is 0.387 e. The molecule has 2 N–H and O–H groups in total. The van der Waals surface area contributed by atoms with Crippen molar-refractivity contribution in [2.75, 3.05) is 25.0 Å². The normalized spacial score (nSPS) is 32.2. The van der Waals surface area contributed by atoms with Crippen LogP contribution in [0.1, 0.15) is 44.9 Å². The lowest BCUT2D eigenvalue weighted by atomic mass is 9.81. The van der Waals surface area contributed by atoms with Crippen LogP contribution >= 0.6 is 11.5 Å². The number of carbonyl (C=O) groups is 2. The molecule has 4 fully saturated rings. The zero-order chi connectivity index (χ0) is 23.1. The van der Waals surface area contributed by atoms with Gasteiger partial charge in [-0.15, -0.1) is 0 Å². The van der Waals surface area contributed by atoms with Crippen molar-refractivity contribution in [2.24, 2.45) is 29.6 Å². The van der Waals surface area contributed by atoms with E-state index in [1.54, 1.807) is 0 Å². The molecule has 8 heteroatoms. The molecule has 2 bridgehead atoms. The monoisotopic (exact) mass is 478 g/mol. The first kappa shape index (κ1) is 22.0. The van der Waals surface area contributed by atoms with Crippen LogP contribution in [0.3, 0.4) is 0 Å². The second-order valence-electron chi connectivity index (χ2n) is 10.4. The Kier molecular flexibility index (Phi) is 6.00. The highest BCUT2D eigenvalue weighted by atomic mass is 32.1. The summed E-state index contributed by atoms with van der Waals surface area (Å²) in [5.74, 6) is 1.89. The second-order valence-corrected chi connectivity index (χ2v) is 11.2. The third-order valence-corrected chi connectivity index (χ3v) is 9.32. The van der Waals surface area contributed by atoms with Crippen LogP contribution < -0.4 is 10.6 Å². The number of aromatic nitrogens is 1. The number of anilines is 1. The smallest absolute Gasteiger partial charge is 0.367 e. The minimum Gasteiger partial charge on any atom is -0.367 e. The fraction of sp³-hybridized carbons (Fsp3) is 0.615. The van der Waals surface area contributed by atoms with Gasteiger partial charge in [-0.2, -0.15) is 9.22 Å². The van der Waals surface area contributed by atoms with E-state index >= 15 is 0 Å². The zero-order valence-electron chi connectivity index (χ0n) is 19.4. The van der Waals surface area contributed by atoms with Gasteiger partial charge in [0.25, 0.3) is 0 Å². The van der Waals surface area contributed by atoms with Crippen molar-refractivity contribution in [3.05, 3.63) is 29.1 Å². The Morgan fingerprint density at radius 2 is 1.79 bits per heavy atom. The number of nitrogens with one attached hydrogen (secondary N) is 2. The SMILES string of the molecule is O=C1[C@@H]2[C@H]3CC[C@H](C3)[C@@H]2C(=O)N1C#[N+][C@H]1CCCC[C@H]1CNCCNc1nsc2ccccc12. The third-order valence-electron chi connectivity index (χ3n) is 8.50. The third kappa shape index (κ3) is 3.89. The van der Waals surface area contributed by atoms with Crippen LogP contribution in [0.25, 0.3) is 14.9 Å². The highest BCUT2D eigenvalue weighted by molar-refractivity contribution is 7.13. The number of imide groups is 1. The minimum atomic E-state index is -0.0971. The minimum absolute atomic E-state index is 0.0444. The Bertz CT molecular complexity index is 1120. The molecule has 0 radical (unpaired) electrons. The van der Waals surface area contributed by atoms with Gasteiger partial charge < -0.3 is 10.6 Å². The summed E-state index contributed by atoms with van der Waals surface area (Å²) in [5, 5.41) is 8.18. The molecule has 2 amide bonds. The van der Waals surface area contributed by atoms with Gasteiger partial charge in [-0.3, -0.25) is 0 Å².